The Kier molecular flexibility index (Phi) is 7.42. The van der Waals surface area contributed by atoms with E-state index >= 15 is 0 Å². The third-order valence-electron chi connectivity index (χ3n) is 5.05. The fraction of sp³-hybridized carbons (Fsp3) is 0.714. The zero-order chi connectivity index (χ0) is 16.7. The molecule has 1 heterocycles. The molecule has 0 aromatic heterocycles. The van der Waals surface area contributed by atoms with Crippen LogP contribution in [0.1, 0.15) is 82.8 Å². The maximum absolute atomic E-state index is 6.26. The zero-order valence-electron chi connectivity index (χ0n) is 15.7. The maximum atomic E-state index is 6.26. The number of hydrogen-bond donors (Lipinski definition) is 1. The molecule has 2 nitrogen and oxygen atoms in total. The van der Waals surface area contributed by atoms with Gasteiger partial charge in [0, 0.05) is 12.8 Å². The number of likely N-dealkylation sites (tertiary alicyclic amines) is 1. The standard InChI is InChI=1S/C21H35NO/c1-17(2)19-11-10-12-20(18(3)4)21(19)23-16-9-5-6-13-22-14-7-8-15-22/h10-12,17-18H,5-9,13-16H2,1-4H3/p+1. The SMILES string of the molecule is CC(C)c1cccc(C(C)C)c1OCCCCC[NH+]1CCCC1. The van der Waals surface area contributed by atoms with E-state index in [1.54, 1.807) is 0 Å². The van der Waals surface area contributed by atoms with E-state index in [4.69, 9.17) is 4.74 Å². The van der Waals surface area contributed by atoms with Crippen molar-refractivity contribution in [2.24, 2.45) is 0 Å². The van der Waals surface area contributed by atoms with Crippen LogP contribution in [0.5, 0.6) is 5.75 Å². The van der Waals surface area contributed by atoms with Crippen LogP contribution in [0.4, 0.5) is 0 Å². The minimum absolute atomic E-state index is 0.516. The number of quaternary nitrogens is 1. The van der Waals surface area contributed by atoms with E-state index < -0.39 is 0 Å². The van der Waals surface area contributed by atoms with Gasteiger partial charge in [-0.25, -0.2) is 0 Å². The van der Waals surface area contributed by atoms with Crippen molar-refractivity contribution in [2.45, 2.75) is 71.6 Å². The summed E-state index contributed by atoms with van der Waals surface area (Å²) in [7, 11) is 0. The molecule has 0 unspecified atom stereocenters. The summed E-state index contributed by atoms with van der Waals surface area (Å²) in [6.07, 6.45) is 6.69. The molecule has 2 heteroatoms. The van der Waals surface area contributed by atoms with Gasteiger partial charge in [-0.05, 0) is 42.2 Å². The highest BCUT2D eigenvalue weighted by atomic mass is 16.5. The van der Waals surface area contributed by atoms with Gasteiger partial charge in [-0.3, -0.25) is 0 Å². The average molecular weight is 319 g/mol. The highest BCUT2D eigenvalue weighted by molar-refractivity contribution is 5.44. The van der Waals surface area contributed by atoms with Crippen molar-refractivity contribution in [2.75, 3.05) is 26.2 Å². The van der Waals surface area contributed by atoms with Crippen molar-refractivity contribution in [3.05, 3.63) is 29.3 Å². The van der Waals surface area contributed by atoms with Gasteiger partial charge in [-0.2, -0.15) is 0 Å². The third-order valence-corrected chi connectivity index (χ3v) is 5.05. The van der Waals surface area contributed by atoms with Gasteiger partial charge in [0.15, 0.2) is 0 Å². The topological polar surface area (TPSA) is 13.7 Å². The number of rotatable bonds is 9. The highest BCUT2D eigenvalue weighted by Gasteiger charge is 2.15. The van der Waals surface area contributed by atoms with Crippen molar-refractivity contribution in [1.29, 1.82) is 0 Å². The molecule has 1 aromatic rings. The number of para-hydroxylation sites is 1. The van der Waals surface area contributed by atoms with Crippen molar-refractivity contribution in [3.8, 4) is 5.75 Å². The summed E-state index contributed by atoms with van der Waals surface area (Å²) in [5.41, 5.74) is 2.72. The minimum Gasteiger partial charge on any atom is -0.493 e. The zero-order valence-corrected chi connectivity index (χ0v) is 15.7. The Bertz CT molecular complexity index is 435. The van der Waals surface area contributed by atoms with Crippen molar-refractivity contribution < 1.29 is 9.64 Å². The molecular formula is C21H36NO+. The van der Waals surface area contributed by atoms with Crippen LogP contribution in [-0.4, -0.2) is 26.2 Å². The molecule has 0 amide bonds. The van der Waals surface area contributed by atoms with E-state index in [0.717, 1.165) is 12.4 Å². The normalized spacial score (nSPS) is 15.7. The van der Waals surface area contributed by atoms with E-state index in [-0.39, 0.29) is 0 Å². The lowest BCUT2D eigenvalue weighted by Crippen LogP contribution is -3.09. The Hall–Kier alpha value is -1.02. The molecule has 2 rings (SSSR count). The first kappa shape index (κ1) is 18.3. The van der Waals surface area contributed by atoms with Crippen LogP contribution in [0.25, 0.3) is 0 Å². The summed E-state index contributed by atoms with van der Waals surface area (Å²) in [6, 6.07) is 6.63. The molecule has 1 N–H and O–H groups in total. The lowest BCUT2D eigenvalue weighted by atomic mass is 9.94. The fourth-order valence-corrected chi connectivity index (χ4v) is 3.60. The van der Waals surface area contributed by atoms with Crippen LogP contribution in [0.3, 0.4) is 0 Å². The smallest absolute Gasteiger partial charge is 0.126 e. The summed E-state index contributed by atoms with van der Waals surface area (Å²) in [5.74, 6) is 2.19. The number of hydrogen-bond acceptors (Lipinski definition) is 1. The van der Waals surface area contributed by atoms with E-state index in [1.165, 1.54) is 62.9 Å². The molecule has 130 valence electrons. The van der Waals surface area contributed by atoms with Crippen molar-refractivity contribution >= 4 is 0 Å². The van der Waals surface area contributed by atoms with Crippen molar-refractivity contribution in [1.82, 2.24) is 0 Å². The Morgan fingerprint density at radius 2 is 1.52 bits per heavy atom. The van der Waals surface area contributed by atoms with Gasteiger partial charge in [0.1, 0.15) is 5.75 Å². The number of nitrogens with one attached hydrogen (secondary N) is 1. The molecule has 1 aliphatic rings. The van der Waals surface area contributed by atoms with Crippen LogP contribution in [0.2, 0.25) is 0 Å². The van der Waals surface area contributed by atoms with Gasteiger partial charge in [0.25, 0.3) is 0 Å². The van der Waals surface area contributed by atoms with E-state index in [1.807, 2.05) is 4.90 Å². The molecule has 1 saturated heterocycles. The van der Waals surface area contributed by atoms with Gasteiger partial charge < -0.3 is 9.64 Å². The van der Waals surface area contributed by atoms with Crippen LogP contribution in [-0.2, 0) is 0 Å². The summed E-state index contributed by atoms with van der Waals surface area (Å²) in [6.45, 7) is 14.0. The molecular weight excluding hydrogens is 282 g/mol. The van der Waals surface area contributed by atoms with Gasteiger partial charge in [0.2, 0.25) is 0 Å². The second-order valence-electron chi connectivity index (χ2n) is 7.69. The molecule has 1 aliphatic heterocycles. The molecule has 0 atom stereocenters. The summed E-state index contributed by atoms with van der Waals surface area (Å²) in [5, 5.41) is 0. The molecule has 0 aliphatic carbocycles. The molecule has 23 heavy (non-hydrogen) atoms. The average Bonchev–Trinajstić information content (AvgIpc) is 3.03. The van der Waals surface area contributed by atoms with E-state index in [9.17, 15) is 0 Å². The summed E-state index contributed by atoms with van der Waals surface area (Å²) < 4.78 is 6.26. The maximum Gasteiger partial charge on any atom is 0.126 e. The number of ether oxygens (including phenoxy) is 1. The van der Waals surface area contributed by atoms with Crippen LogP contribution in [0.15, 0.2) is 18.2 Å². The summed E-state index contributed by atoms with van der Waals surface area (Å²) in [4.78, 5) is 1.82. The number of benzene rings is 1. The molecule has 0 spiro atoms. The van der Waals surface area contributed by atoms with Crippen molar-refractivity contribution in [3.63, 3.8) is 0 Å². The lowest BCUT2D eigenvalue weighted by molar-refractivity contribution is -0.887. The summed E-state index contributed by atoms with van der Waals surface area (Å²) >= 11 is 0. The second kappa shape index (κ2) is 9.32. The Balaban J connectivity index is 1.79. The Morgan fingerprint density at radius 3 is 2.09 bits per heavy atom. The second-order valence-corrected chi connectivity index (χ2v) is 7.69. The fourth-order valence-electron chi connectivity index (χ4n) is 3.60. The molecule has 0 radical (unpaired) electrons. The van der Waals surface area contributed by atoms with Gasteiger partial charge in [-0.1, -0.05) is 45.9 Å². The van der Waals surface area contributed by atoms with Crippen LogP contribution < -0.4 is 9.64 Å². The predicted molar refractivity (Wildman–Crippen MR) is 98.8 cm³/mol. The van der Waals surface area contributed by atoms with E-state index in [2.05, 4.69) is 45.9 Å². The van der Waals surface area contributed by atoms with Gasteiger partial charge >= 0.3 is 0 Å². The Morgan fingerprint density at radius 1 is 0.913 bits per heavy atom. The quantitative estimate of drug-likeness (QED) is 0.675. The third kappa shape index (κ3) is 5.53. The molecule has 0 saturated carbocycles. The molecule has 1 aromatic carbocycles. The van der Waals surface area contributed by atoms with Gasteiger partial charge in [0.05, 0.1) is 26.2 Å². The minimum atomic E-state index is 0.516. The lowest BCUT2D eigenvalue weighted by Gasteiger charge is -2.20. The highest BCUT2D eigenvalue weighted by Crippen LogP contribution is 2.34. The monoisotopic (exact) mass is 318 g/mol. The Labute approximate surface area is 143 Å². The largest absolute Gasteiger partial charge is 0.493 e. The first-order chi connectivity index (χ1) is 11.1. The number of unbranched alkanes of at least 4 members (excludes halogenated alkanes) is 2. The molecule has 0 bridgehead atoms. The molecule has 1 fully saturated rings. The van der Waals surface area contributed by atoms with E-state index in [0.29, 0.717) is 11.8 Å². The first-order valence-electron chi connectivity index (χ1n) is 9.68. The van der Waals surface area contributed by atoms with Crippen LogP contribution in [0, 0.1) is 0 Å². The first-order valence-corrected chi connectivity index (χ1v) is 9.68. The van der Waals surface area contributed by atoms with Gasteiger partial charge in [-0.15, -0.1) is 0 Å². The predicted octanol–water partition coefficient (Wildman–Crippen LogP) is 4.16. The van der Waals surface area contributed by atoms with Crippen LogP contribution >= 0.6 is 0 Å².